The Morgan fingerprint density at radius 1 is 1.50 bits per heavy atom. The number of nitrogens with zero attached hydrogens (tertiary/aromatic N) is 1. The molecule has 1 saturated heterocycles. The highest BCUT2D eigenvalue weighted by atomic mass is 35.5. The van der Waals surface area contributed by atoms with Crippen molar-refractivity contribution < 1.29 is 4.79 Å². The van der Waals surface area contributed by atoms with Gasteiger partial charge in [-0.3, -0.25) is 9.69 Å². The van der Waals surface area contributed by atoms with Gasteiger partial charge in [0, 0.05) is 12.1 Å². The van der Waals surface area contributed by atoms with Crippen molar-refractivity contribution in [1.29, 1.82) is 0 Å². The van der Waals surface area contributed by atoms with Crippen LogP contribution in [0, 0.1) is 0 Å². The Bertz CT molecular complexity index is 237. The topological polar surface area (TPSA) is 20.3 Å². The van der Waals surface area contributed by atoms with E-state index in [-0.39, 0.29) is 11.8 Å². The Labute approximate surface area is 90.9 Å². The van der Waals surface area contributed by atoms with E-state index in [0.717, 1.165) is 25.1 Å². The van der Waals surface area contributed by atoms with Gasteiger partial charge in [0.25, 0.3) is 0 Å². The molecular weight excluding hydrogens is 198 g/mol. The van der Waals surface area contributed by atoms with Gasteiger partial charge >= 0.3 is 0 Å². The highest BCUT2D eigenvalue weighted by Gasteiger charge is 2.25. The van der Waals surface area contributed by atoms with Crippen LogP contribution in [0.15, 0.2) is 11.1 Å². The van der Waals surface area contributed by atoms with Crippen LogP contribution in [-0.4, -0.2) is 29.8 Å². The van der Waals surface area contributed by atoms with Crippen LogP contribution in [0.25, 0.3) is 0 Å². The number of likely N-dealkylation sites (tertiary alicyclic amines) is 1. The predicted molar refractivity (Wildman–Crippen MR) is 59.5 cm³/mol. The fourth-order valence-electron chi connectivity index (χ4n) is 2.00. The van der Waals surface area contributed by atoms with Crippen LogP contribution in [0.2, 0.25) is 0 Å². The smallest absolute Gasteiger partial charge is 0.146 e. The van der Waals surface area contributed by atoms with Crippen LogP contribution in [0.3, 0.4) is 0 Å². The summed E-state index contributed by atoms with van der Waals surface area (Å²) in [7, 11) is 0. The van der Waals surface area contributed by atoms with Crippen molar-refractivity contribution in [2.24, 2.45) is 0 Å². The maximum absolute atomic E-state index is 11.4. The van der Waals surface area contributed by atoms with E-state index in [2.05, 4.69) is 4.90 Å². The SMILES string of the molecule is CC(=O)C1CCCCN1CC(C)=CCl. The van der Waals surface area contributed by atoms with Crippen molar-refractivity contribution in [2.45, 2.75) is 39.2 Å². The predicted octanol–water partition coefficient (Wildman–Crippen LogP) is 2.57. The number of carbonyl (C=O) groups excluding carboxylic acids is 1. The largest absolute Gasteiger partial charge is 0.298 e. The van der Waals surface area contributed by atoms with E-state index < -0.39 is 0 Å². The third kappa shape index (κ3) is 3.10. The van der Waals surface area contributed by atoms with Gasteiger partial charge in [-0.2, -0.15) is 0 Å². The van der Waals surface area contributed by atoms with Crippen molar-refractivity contribution in [3.05, 3.63) is 11.1 Å². The van der Waals surface area contributed by atoms with E-state index in [4.69, 9.17) is 11.6 Å². The van der Waals surface area contributed by atoms with Crippen LogP contribution in [-0.2, 0) is 4.79 Å². The van der Waals surface area contributed by atoms with Crippen LogP contribution >= 0.6 is 11.6 Å². The van der Waals surface area contributed by atoms with E-state index in [9.17, 15) is 4.79 Å². The first kappa shape index (κ1) is 11.7. The average molecular weight is 216 g/mol. The minimum absolute atomic E-state index is 0.121. The molecule has 0 saturated carbocycles. The zero-order chi connectivity index (χ0) is 10.6. The fraction of sp³-hybridized carbons (Fsp3) is 0.727. The number of ketones is 1. The van der Waals surface area contributed by atoms with Crippen molar-refractivity contribution in [1.82, 2.24) is 4.90 Å². The molecule has 0 bridgehead atoms. The lowest BCUT2D eigenvalue weighted by Crippen LogP contribution is -2.44. The molecule has 2 nitrogen and oxygen atoms in total. The van der Waals surface area contributed by atoms with Crippen molar-refractivity contribution in [3.63, 3.8) is 0 Å². The van der Waals surface area contributed by atoms with Gasteiger partial charge in [0.1, 0.15) is 5.78 Å². The maximum Gasteiger partial charge on any atom is 0.146 e. The third-order valence-electron chi connectivity index (χ3n) is 2.72. The Kier molecular flexibility index (Phi) is 4.63. The molecule has 3 heteroatoms. The van der Waals surface area contributed by atoms with Gasteiger partial charge in [-0.1, -0.05) is 18.0 Å². The molecule has 0 aromatic carbocycles. The van der Waals surface area contributed by atoms with Crippen molar-refractivity contribution >= 4 is 17.4 Å². The Hall–Kier alpha value is -0.340. The standard InChI is InChI=1S/C11H18ClNO/c1-9(7-12)8-13-6-4-3-5-11(13)10(2)14/h7,11H,3-6,8H2,1-2H3. The Morgan fingerprint density at radius 3 is 2.79 bits per heavy atom. The maximum atomic E-state index is 11.4. The van der Waals surface area contributed by atoms with Gasteiger partial charge < -0.3 is 0 Å². The summed E-state index contributed by atoms with van der Waals surface area (Å²) >= 11 is 5.62. The molecule has 80 valence electrons. The lowest BCUT2D eigenvalue weighted by Gasteiger charge is -2.34. The van der Waals surface area contributed by atoms with E-state index in [1.165, 1.54) is 12.8 Å². The summed E-state index contributed by atoms with van der Waals surface area (Å²) in [5, 5.41) is 0. The second-order valence-electron chi connectivity index (χ2n) is 4.05. The minimum Gasteiger partial charge on any atom is -0.298 e. The van der Waals surface area contributed by atoms with Crippen molar-refractivity contribution in [2.75, 3.05) is 13.1 Å². The summed E-state index contributed by atoms with van der Waals surface area (Å²) in [4.78, 5) is 13.6. The van der Waals surface area contributed by atoms with Crippen LogP contribution in [0.5, 0.6) is 0 Å². The number of hydrogen-bond donors (Lipinski definition) is 0. The zero-order valence-corrected chi connectivity index (χ0v) is 9.68. The first-order valence-corrected chi connectivity index (χ1v) is 5.59. The van der Waals surface area contributed by atoms with Gasteiger partial charge in [-0.05, 0) is 38.8 Å². The van der Waals surface area contributed by atoms with Gasteiger partial charge in [-0.25, -0.2) is 0 Å². The summed E-state index contributed by atoms with van der Waals surface area (Å²) in [6.07, 6.45) is 3.37. The molecule has 1 unspecified atom stereocenters. The normalized spacial score (nSPS) is 25.1. The zero-order valence-electron chi connectivity index (χ0n) is 8.92. The molecule has 0 radical (unpaired) electrons. The minimum atomic E-state index is 0.121. The molecule has 0 aromatic heterocycles. The molecule has 0 N–H and O–H groups in total. The molecule has 0 amide bonds. The highest BCUT2D eigenvalue weighted by molar-refractivity contribution is 6.25. The van der Waals surface area contributed by atoms with Crippen LogP contribution in [0.1, 0.15) is 33.1 Å². The van der Waals surface area contributed by atoms with Gasteiger partial charge in [-0.15, -0.1) is 0 Å². The summed E-state index contributed by atoms with van der Waals surface area (Å²) in [5.74, 6) is 0.284. The number of Topliss-reactive ketones (excluding diaryl/α,β-unsaturated/α-hetero) is 1. The lowest BCUT2D eigenvalue weighted by atomic mass is 9.99. The average Bonchev–Trinajstić information content (AvgIpc) is 2.18. The number of rotatable bonds is 3. The van der Waals surface area contributed by atoms with Gasteiger partial charge in [0.2, 0.25) is 0 Å². The number of halogens is 1. The Morgan fingerprint density at radius 2 is 2.21 bits per heavy atom. The molecular formula is C11H18ClNO. The van der Waals surface area contributed by atoms with E-state index in [1.807, 2.05) is 6.92 Å². The molecule has 0 aliphatic carbocycles. The van der Waals surface area contributed by atoms with E-state index in [1.54, 1.807) is 12.5 Å². The lowest BCUT2D eigenvalue weighted by molar-refractivity contribution is -0.123. The monoisotopic (exact) mass is 215 g/mol. The van der Waals surface area contributed by atoms with E-state index in [0.29, 0.717) is 0 Å². The number of hydrogen-bond acceptors (Lipinski definition) is 2. The summed E-state index contributed by atoms with van der Waals surface area (Å²) < 4.78 is 0. The molecule has 1 heterocycles. The van der Waals surface area contributed by atoms with E-state index >= 15 is 0 Å². The second kappa shape index (κ2) is 5.52. The third-order valence-corrected chi connectivity index (χ3v) is 3.09. The fourth-order valence-corrected chi connectivity index (χ4v) is 2.06. The Balaban J connectivity index is 2.58. The van der Waals surface area contributed by atoms with Crippen molar-refractivity contribution in [3.8, 4) is 0 Å². The highest BCUT2D eigenvalue weighted by Crippen LogP contribution is 2.18. The second-order valence-corrected chi connectivity index (χ2v) is 4.27. The first-order valence-electron chi connectivity index (χ1n) is 5.15. The molecule has 1 aliphatic rings. The van der Waals surface area contributed by atoms with Crippen LogP contribution < -0.4 is 0 Å². The summed E-state index contributed by atoms with van der Waals surface area (Å²) in [6, 6.07) is 0.121. The number of piperidine rings is 1. The summed E-state index contributed by atoms with van der Waals surface area (Å²) in [5.41, 5.74) is 2.73. The summed E-state index contributed by atoms with van der Waals surface area (Å²) in [6.45, 7) is 5.53. The molecule has 0 spiro atoms. The first-order chi connectivity index (χ1) is 6.65. The van der Waals surface area contributed by atoms with Crippen LogP contribution in [0.4, 0.5) is 0 Å². The molecule has 1 atom stereocenters. The number of carbonyl (C=O) groups is 1. The quantitative estimate of drug-likeness (QED) is 0.721. The molecule has 1 fully saturated rings. The molecule has 1 aliphatic heterocycles. The van der Waals surface area contributed by atoms with Gasteiger partial charge in [0.05, 0.1) is 6.04 Å². The molecule has 1 rings (SSSR count). The molecule has 0 aromatic rings. The van der Waals surface area contributed by atoms with Gasteiger partial charge in [0.15, 0.2) is 0 Å². The molecule has 14 heavy (non-hydrogen) atoms.